The van der Waals surface area contributed by atoms with Crippen LogP contribution in [0.15, 0.2) is 36.8 Å². The van der Waals surface area contributed by atoms with Crippen LogP contribution < -0.4 is 10.6 Å². The first-order chi connectivity index (χ1) is 9.22. The lowest BCUT2D eigenvalue weighted by Crippen LogP contribution is -2.18. The molecule has 0 unspecified atom stereocenters. The monoisotopic (exact) mass is 254 g/mol. The number of anilines is 2. The van der Waals surface area contributed by atoms with E-state index in [0.717, 1.165) is 16.7 Å². The van der Waals surface area contributed by atoms with Gasteiger partial charge in [0.1, 0.15) is 11.6 Å². The molecule has 0 bridgehead atoms. The average molecular weight is 254 g/mol. The summed E-state index contributed by atoms with van der Waals surface area (Å²) >= 11 is 0. The Bertz CT molecular complexity index is 705. The van der Waals surface area contributed by atoms with Gasteiger partial charge in [-0.2, -0.15) is 0 Å². The summed E-state index contributed by atoms with van der Waals surface area (Å²) < 4.78 is 0. The number of imidazole rings is 1. The van der Waals surface area contributed by atoms with Gasteiger partial charge in [0.2, 0.25) is 0 Å². The fraction of sp³-hybridized carbons (Fsp3) is 0.154. The largest absolute Gasteiger partial charge is 0.384 e. The van der Waals surface area contributed by atoms with E-state index in [0.29, 0.717) is 18.2 Å². The van der Waals surface area contributed by atoms with Crippen molar-refractivity contribution < 1.29 is 0 Å². The van der Waals surface area contributed by atoms with E-state index in [-0.39, 0.29) is 0 Å². The first kappa shape index (κ1) is 11.5. The van der Waals surface area contributed by atoms with Gasteiger partial charge in [-0.25, -0.2) is 15.0 Å². The molecule has 0 saturated carbocycles. The van der Waals surface area contributed by atoms with Crippen LogP contribution in [0.5, 0.6) is 0 Å². The third-order valence-electron chi connectivity index (χ3n) is 2.95. The van der Waals surface area contributed by atoms with E-state index in [9.17, 15) is 0 Å². The number of fused-ring (bicyclic) bond motifs is 1. The van der Waals surface area contributed by atoms with Crippen LogP contribution >= 0.6 is 0 Å². The molecule has 3 aromatic rings. The fourth-order valence-electron chi connectivity index (χ4n) is 1.96. The lowest BCUT2D eigenvalue weighted by Gasteiger charge is -2.18. The van der Waals surface area contributed by atoms with Crippen LogP contribution in [-0.2, 0) is 6.54 Å². The highest BCUT2D eigenvalue weighted by Crippen LogP contribution is 2.19. The second-order valence-corrected chi connectivity index (χ2v) is 4.36. The van der Waals surface area contributed by atoms with Gasteiger partial charge in [0.25, 0.3) is 0 Å². The van der Waals surface area contributed by atoms with Crippen molar-refractivity contribution in [1.82, 2.24) is 19.9 Å². The molecule has 96 valence electrons. The molecule has 1 aromatic carbocycles. The number of aromatic nitrogens is 4. The maximum absolute atomic E-state index is 5.65. The highest BCUT2D eigenvalue weighted by molar-refractivity contribution is 5.78. The van der Waals surface area contributed by atoms with Crippen molar-refractivity contribution in [2.45, 2.75) is 6.54 Å². The molecule has 0 spiro atoms. The van der Waals surface area contributed by atoms with Gasteiger partial charge in [-0.3, -0.25) is 0 Å². The molecule has 0 radical (unpaired) electrons. The first-order valence-corrected chi connectivity index (χ1v) is 5.94. The average Bonchev–Trinajstić information content (AvgIpc) is 2.85. The minimum absolute atomic E-state index is 0.488. The number of H-pyrrole nitrogens is 1. The van der Waals surface area contributed by atoms with E-state index < -0.39 is 0 Å². The molecule has 0 aliphatic heterocycles. The summed E-state index contributed by atoms with van der Waals surface area (Å²) in [7, 11) is 1.99. The van der Waals surface area contributed by atoms with Crippen molar-refractivity contribution in [1.29, 1.82) is 0 Å². The van der Waals surface area contributed by atoms with Crippen molar-refractivity contribution in [3.05, 3.63) is 42.6 Å². The zero-order chi connectivity index (χ0) is 13.2. The van der Waals surface area contributed by atoms with E-state index >= 15 is 0 Å². The van der Waals surface area contributed by atoms with Crippen LogP contribution in [0.1, 0.15) is 5.82 Å². The molecule has 19 heavy (non-hydrogen) atoms. The summed E-state index contributed by atoms with van der Waals surface area (Å²) in [6.45, 7) is 0.602. The van der Waals surface area contributed by atoms with Crippen LogP contribution in [0.4, 0.5) is 11.5 Å². The number of nitrogen functional groups attached to an aromatic ring is 1. The van der Waals surface area contributed by atoms with Crippen LogP contribution in [0, 0.1) is 0 Å². The Morgan fingerprint density at radius 1 is 1.26 bits per heavy atom. The van der Waals surface area contributed by atoms with E-state index in [1.54, 1.807) is 18.6 Å². The summed E-state index contributed by atoms with van der Waals surface area (Å²) in [6.07, 6.45) is 3.36. The van der Waals surface area contributed by atoms with E-state index in [2.05, 4.69) is 30.9 Å². The number of aromatic amines is 1. The second-order valence-electron chi connectivity index (χ2n) is 4.36. The quantitative estimate of drug-likeness (QED) is 0.741. The maximum atomic E-state index is 5.65. The van der Waals surface area contributed by atoms with Gasteiger partial charge in [-0.15, -0.1) is 0 Å². The standard InChI is InChI=1S/C13H14N6/c1-19(7-13-15-5-4-12(14)18-13)9-2-3-10-11(6-9)17-8-16-10/h2-6,8H,7H2,1H3,(H,16,17)(H2,14,15,18). The number of nitrogens with two attached hydrogens (primary N) is 1. The van der Waals surface area contributed by atoms with Gasteiger partial charge in [-0.1, -0.05) is 0 Å². The van der Waals surface area contributed by atoms with E-state index in [4.69, 9.17) is 5.73 Å². The van der Waals surface area contributed by atoms with Crippen molar-refractivity contribution >= 4 is 22.5 Å². The topological polar surface area (TPSA) is 83.7 Å². The number of hydrogen-bond acceptors (Lipinski definition) is 5. The van der Waals surface area contributed by atoms with Crippen molar-refractivity contribution in [3.8, 4) is 0 Å². The van der Waals surface area contributed by atoms with E-state index in [1.165, 1.54) is 0 Å². The maximum Gasteiger partial charge on any atom is 0.149 e. The molecule has 3 rings (SSSR count). The van der Waals surface area contributed by atoms with Crippen LogP contribution in [0.3, 0.4) is 0 Å². The van der Waals surface area contributed by atoms with Crippen molar-refractivity contribution in [2.24, 2.45) is 0 Å². The minimum Gasteiger partial charge on any atom is -0.384 e. The Kier molecular flexibility index (Phi) is 2.75. The van der Waals surface area contributed by atoms with Crippen molar-refractivity contribution in [2.75, 3.05) is 17.7 Å². The zero-order valence-electron chi connectivity index (χ0n) is 10.5. The Morgan fingerprint density at radius 3 is 3.00 bits per heavy atom. The molecule has 0 fully saturated rings. The Hall–Kier alpha value is -2.63. The molecule has 6 nitrogen and oxygen atoms in total. The number of nitrogens with zero attached hydrogens (tertiary/aromatic N) is 4. The Labute approximate surface area is 110 Å². The molecule has 3 N–H and O–H groups in total. The number of nitrogens with one attached hydrogen (secondary N) is 1. The molecule has 0 atom stereocenters. The lowest BCUT2D eigenvalue weighted by molar-refractivity contribution is 0.841. The van der Waals surface area contributed by atoms with Gasteiger partial charge in [0.15, 0.2) is 0 Å². The summed E-state index contributed by atoms with van der Waals surface area (Å²) in [5.74, 6) is 1.19. The van der Waals surface area contributed by atoms with Gasteiger partial charge in [0.05, 0.1) is 23.9 Å². The number of benzene rings is 1. The highest BCUT2D eigenvalue weighted by atomic mass is 15.1. The zero-order valence-corrected chi connectivity index (χ0v) is 10.5. The molecule has 0 saturated heterocycles. The van der Waals surface area contributed by atoms with Gasteiger partial charge >= 0.3 is 0 Å². The normalized spacial score (nSPS) is 10.8. The van der Waals surface area contributed by atoms with Gasteiger partial charge < -0.3 is 15.6 Å². The SMILES string of the molecule is CN(Cc1nccc(N)n1)c1ccc2nc[nH]c2c1. The summed E-state index contributed by atoms with van der Waals surface area (Å²) in [5.41, 5.74) is 8.69. The minimum atomic E-state index is 0.488. The number of rotatable bonds is 3. The molecular weight excluding hydrogens is 240 g/mol. The Balaban J connectivity index is 1.84. The predicted molar refractivity (Wildman–Crippen MR) is 74.6 cm³/mol. The molecule has 2 heterocycles. The molecule has 0 amide bonds. The molecule has 0 aliphatic rings. The third kappa shape index (κ3) is 2.33. The summed E-state index contributed by atoms with van der Waals surface area (Å²) in [4.78, 5) is 17.8. The van der Waals surface area contributed by atoms with Crippen LogP contribution in [0.25, 0.3) is 11.0 Å². The van der Waals surface area contributed by atoms with Gasteiger partial charge in [-0.05, 0) is 24.3 Å². The van der Waals surface area contributed by atoms with Gasteiger partial charge in [0, 0.05) is 18.9 Å². The molecule has 0 aliphatic carbocycles. The van der Waals surface area contributed by atoms with E-state index in [1.807, 2.05) is 19.2 Å². The molecular formula is C13H14N6. The molecule has 6 heteroatoms. The lowest BCUT2D eigenvalue weighted by atomic mass is 10.2. The smallest absolute Gasteiger partial charge is 0.149 e. The summed E-state index contributed by atoms with van der Waals surface area (Å²) in [5, 5.41) is 0. The predicted octanol–water partition coefficient (Wildman–Crippen LogP) is 1.57. The fourth-order valence-corrected chi connectivity index (χ4v) is 1.96. The van der Waals surface area contributed by atoms with Crippen molar-refractivity contribution in [3.63, 3.8) is 0 Å². The third-order valence-corrected chi connectivity index (χ3v) is 2.95. The highest BCUT2D eigenvalue weighted by Gasteiger charge is 2.06. The number of hydrogen-bond donors (Lipinski definition) is 2. The van der Waals surface area contributed by atoms with Crippen LogP contribution in [-0.4, -0.2) is 27.0 Å². The summed E-state index contributed by atoms with van der Waals surface area (Å²) in [6, 6.07) is 7.74. The first-order valence-electron chi connectivity index (χ1n) is 5.94. The second kappa shape index (κ2) is 4.56. The Morgan fingerprint density at radius 2 is 2.16 bits per heavy atom. The van der Waals surface area contributed by atoms with Crippen LogP contribution in [0.2, 0.25) is 0 Å². The molecule has 2 aromatic heterocycles.